The van der Waals surface area contributed by atoms with Crippen LogP contribution < -0.4 is 10.1 Å². The SMILES string of the molecule is Cc1cc(C)c(C(Oc2ccc3c(cnn3-c3ccc(F)cc3)c2)C(C)NC(=O)C(C)(C)C)cc1C. The van der Waals surface area contributed by atoms with Gasteiger partial charge in [0.15, 0.2) is 0 Å². The lowest BCUT2D eigenvalue weighted by atomic mass is 9.92. The van der Waals surface area contributed by atoms with Gasteiger partial charge in [0, 0.05) is 10.8 Å². The van der Waals surface area contributed by atoms with Crippen molar-refractivity contribution in [1.29, 1.82) is 0 Å². The summed E-state index contributed by atoms with van der Waals surface area (Å²) in [6, 6.07) is 16.1. The molecule has 4 aromatic rings. The Morgan fingerprint density at radius 1 is 0.972 bits per heavy atom. The fraction of sp³-hybridized carbons (Fsp3) is 0.333. The summed E-state index contributed by atoms with van der Waals surface area (Å²) in [5.74, 6) is 0.369. The zero-order valence-corrected chi connectivity index (χ0v) is 22.0. The molecule has 5 nitrogen and oxygen atoms in total. The minimum atomic E-state index is -0.509. The highest BCUT2D eigenvalue weighted by atomic mass is 19.1. The number of benzene rings is 3. The minimum absolute atomic E-state index is 0.0267. The molecular weight excluding hydrogens is 453 g/mol. The van der Waals surface area contributed by atoms with E-state index in [4.69, 9.17) is 4.74 Å². The van der Waals surface area contributed by atoms with Crippen LogP contribution in [0.1, 0.15) is 56.1 Å². The van der Waals surface area contributed by atoms with Crippen molar-refractivity contribution in [1.82, 2.24) is 15.1 Å². The summed E-state index contributed by atoms with van der Waals surface area (Å²) >= 11 is 0. The lowest BCUT2D eigenvalue weighted by Crippen LogP contribution is -2.44. The fourth-order valence-corrected chi connectivity index (χ4v) is 4.24. The van der Waals surface area contributed by atoms with Crippen molar-refractivity contribution in [2.75, 3.05) is 0 Å². The molecule has 0 spiro atoms. The first kappa shape index (κ1) is 25.4. The summed E-state index contributed by atoms with van der Waals surface area (Å²) in [5, 5.41) is 8.55. The van der Waals surface area contributed by atoms with E-state index in [0.717, 1.165) is 27.7 Å². The second kappa shape index (κ2) is 9.76. The summed E-state index contributed by atoms with van der Waals surface area (Å²) in [6.07, 6.45) is 1.38. The van der Waals surface area contributed by atoms with Crippen LogP contribution in [0.4, 0.5) is 4.39 Å². The summed E-state index contributed by atoms with van der Waals surface area (Å²) in [5.41, 5.74) is 5.71. The molecule has 6 heteroatoms. The Morgan fingerprint density at radius 2 is 1.64 bits per heavy atom. The predicted molar refractivity (Wildman–Crippen MR) is 142 cm³/mol. The lowest BCUT2D eigenvalue weighted by molar-refractivity contribution is -0.129. The highest BCUT2D eigenvalue weighted by Crippen LogP contribution is 2.32. The lowest BCUT2D eigenvalue weighted by Gasteiger charge is -2.30. The number of ether oxygens (including phenoxy) is 1. The average Bonchev–Trinajstić information content (AvgIpc) is 3.23. The molecule has 188 valence electrons. The maximum Gasteiger partial charge on any atom is 0.225 e. The molecule has 0 aliphatic rings. The molecule has 4 rings (SSSR count). The van der Waals surface area contributed by atoms with Crippen LogP contribution in [0, 0.1) is 32.0 Å². The normalized spacial score (nSPS) is 13.4. The van der Waals surface area contributed by atoms with Gasteiger partial charge in [0.2, 0.25) is 5.91 Å². The molecular formula is C30H34FN3O2. The molecule has 36 heavy (non-hydrogen) atoms. The van der Waals surface area contributed by atoms with Crippen LogP contribution in [0.2, 0.25) is 0 Å². The number of nitrogens with zero attached hydrogens (tertiary/aromatic N) is 2. The molecule has 0 radical (unpaired) electrons. The zero-order chi connectivity index (χ0) is 26.2. The highest BCUT2D eigenvalue weighted by molar-refractivity contribution is 5.82. The van der Waals surface area contributed by atoms with Gasteiger partial charge in [-0.1, -0.05) is 32.9 Å². The number of hydrogen-bond acceptors (Lipinski definition) is 3. The van der Waals surface area contributed by atoms with Gasteiger partial charge < -0.3 is 10.1 Å². The predicted octanol–water partition coefficient (Wildman–Crippen LogP) is 6.76. The highest BCUT2D eigenvalue weighted by Gasteiger charge is 2.29. The largest absolute Gasteiger partial charge is 0.484 e. The van der Waals surface area contributed by atoms with Crippen molar-refractivity contribution in [3.63, 3.8) is 0 Å². The van der Waals surface area contributed by atoms with Gasteiger partial charge in [-0.25, -0.2) is 9.07 Å². The van der Waals surface area contributed by atoms with E-state index in [1.165, 1.54) is 23.3 Å². The molecule has 1 amide bonds. The molecule has 1 N–H and O–H groups in total. The van der Waals surface area contributed by atoms with Crippen molar-refractivity contribution < 1.29 is 13.9 Å². The van der Waals surface area contributed by atoms with E-state index < -0.39 is 5.41 Å². The summed E-state index contributed by atoms with van der Waals surface area (Å²) in [6.45, 7) is 13.9. The van der Waals surface area contributed by atoms with E-state index in [-0.39, 0.29) is 23.9 Å². The maximum atomic E-state index is 13.4. The molecule has 0 aliphatic heterocycles. The number of aryl methyl sites for hydroxylation is 3. The van der Waals surface area contributed by atoms with Crippen LogP contribution in [-0.4, -0.2) is 21.7 Å². The summed E-state index contributed by atoms with van der Waals surface area (Å²) < 4.78 is 21.7. The number of aromatic nitrogens is 2. The molecule has 0 bridgehead atoms. The van der Waals surface area contributed by atoms with Crippen LogP contribution in [0.15, 0.2) is 60.8 Å². The number of halogens is 1. The molecule has 3 aromatic carbocycles. The molecule has 0 saturated heterocycles. The van der Waals surface area contributed by atoms with E-state index in [9.17, 15) is 9.18 Å². The van der Waals surface area contributed by atoms with E-state index in [2.05, 4.69) is 43.3 Å². The zero-order valence-electron chi connectivity index (χ0n) is 22.0. The third kappa shape index (κ3) is 5.27. The van der Waals surface area contributed by atoms with Crippen molar-refractivity contribution in [2.24, 2.45) is 5.41 Å². The van der Waals surface area contributed by atoms with E-state index in [1.807, 2.05) is 45.9 Å². The number of amides is 1. The molecule has 1 aromatic heterocycles. The molecule has 1 heterocycles. The number of carbonyl (C=O) groups is 1. The van der Waals surface area contributed by atoms with Gasteiger partial charge in [-0.3, -0.25) is 4.79 Å². The van der Waals surface area contributed by atoms with Crippen LogP contribution in [0.3, 0.4) is 0 Å². The van der Waals surface area contributed by atoms with Crippen molar-refractivity contribution in [3.05, 3.63) is 88.9 Å². The standard InChI is InChI=1S/C30H34FN3O2/c1-18-14-20(3)26(15-19(18)2)28(21(4)33-29(35)30(5,6)7)36-25-12-13-27-22(16-25)17-32-34(27)24-10-8-23(31)9-11-24/h8-17,21,28H,1-7H3,(H,33,35). The monoisotopic (exact) mass is 487 g/mol. The maximum absolute atomic E-state index is 13.4. The Bertz CT molecular complexity index is 1400. The molecule has 0 saturated carbocycles. The van der Waals surface area contributed by atoms with Crippen LogP contribution >= 0.6 is 0 Å². The van der Waals surface area contributed by atoms with Crippen molar-refractivity contribution >= 4 is 16.8 Å². The first-order valence-corrected chi connectivity index (χ1v) is 12.2. The second-order valence-electron chi connectivity index (χ2n) is 10.6. The molecule has 0 fully saturated rings. The van der Waals surface area contributed by atoms with Gasteiger partial charge in [-0.15, -0.1) is 0 Å². The molecule has 2 unspecified atom stereocenters. The number of carbonyl (C=O) groups excluding carboxylic acids is 1. The van der Waals surface area contributed by atoms with Crippen molar-refractivity contribution in [3.8, 4) is 11.4 Å². The fourth-order valence-electron chi connectivity index (χ4n) is 4.24. The van der Waals surface area contributed by atoms with Gasteiger partial charge in [-0.05, 0) is 92.4 Å². The smallest absolute Gasteiger partial charge is 0.225 e. The average molecular weight is 488 g/mol. The van der Waals surface area contributed by atoms with E-state index in [0.29, 0.717) is 5.75 Å². The molecule has 2 atom stereocenters. The summed E-state index contributed by atoms with van der Waals surface area (Å²) in [7, 11) is 0. The van der Waals surface area contributed by atoms with Crippen molar-refractivity contribution in [2.45, 2.75) is 60.6 Å². The van der Waals surface area contributed by atoms with Gasteiger partial charge in [0.25, 0.3) is 0 Å². The van der Waals surface area contributed by atoms with Gasteiger partial charge in [0.05, 0.1) is 23.4 Å². The van der Waals surface area contributed by atoms with Crippen LogP contribution in [-0.2, 0) is 4.79 Å². The van der Waals surface area contributed by atoms with Gasteiger partial charge in [0.1, 0.15) is 17.7 Å². The minimum Gasteiger partial charge on any atom is -0.484 e. The number of fused-ring (bicyclic) bond motifs is 1. The third-order valence-corrected chi connectivity index (χ3v) is 6.56. The van der Waals surface area contributed by atoms with Gasteiger partial charge in [-0.2, -0.15) is 5.10 Å². The topological polar surface area (TPSA) is 56.1 Å². The Kier molecular flexibility index (Phi) is 6.90. The first-order valence-electron chi connectivity index (χ1n) is 12.2. The number of rotatable bonds is 6. The Hall–Kier alpha value is -3.67. The Labute approximate surface area is 212 Å². The van der Waals surface area contributed by atoms with E-state index >= 15 is 0 Å². The third-order valence-electron chi connectivity index (χ3n) is 6.56. The number of hydrogen-bond donors (Lipinski definition) is 1. The second-order valence-corrected chi connectivity index (χ2v) is 10.6. The van der Waals surface area contributed by atoms with Gasteiger partial charge >= 0.3 is 0 Å². The summed E-state index contributed by atoms with van der Waals surface area (Å²) in [4.78, 5) is 12.8. The van der Waals surface area contributed by atoms with Crippen LogP contribution in [0.25, 0.3) is 16.6 Å². The van der Waals surface area contributed by atoms with E-state index in [1.54, 1.807) is 23.0 Å². The quantitative estimate of drug-likeness (QED) is 0.327. The Balaban J connectivity index is 1.69. The first-order chi connectivity index (χ1) is 16.9. The molecule has 0 aliphatic carbocycles. The number of nitrogens with one attached hydrogen (secondary N) is 1. The van der Waals surface area contributed by atoms with Crippen LogP contribution in [0.5, 0.6) is 5.75 Å². The Morgan fingerprint density at radius 3 is 2.31 bits per heavy atom.